The summed E-state index contributed by atoms with van der Waals surface area (Å²) in [6.45, 7) is 4.03. The first-order chi connectivity index (χ1) is 6.64. The summed E-state index contributed by atoms with van der Waals surface area (Å²) in [4.78, 5) is 10.8. The molecule has 2 aliphatic heterocycles. The zero-order valence-electron chi connectivity index (χ0n) is 8.28. The van der Waals surface area contributed by atoms with Gasteiger partial charge in [-0.2, -0.15) is 0 Å². The summed E-state index contributed by atoms with van der Waals surface area (Å²) in [6.07, 6.45) is 4.14. The second kappa shape index (κ2) is 2.27. The van der Waals surface area contributed by atoms with E-state index < -0.39 is 11.2 Å². The van der Waals surface area contributed by atoms with Gasteiger partial charge in [0.2, 0.25) is 0 Å². The van der Waals surface area contributed by atoms with Gasteiger partial charge >= 0.3 is 0 Å². The van der Waals surface area contributed by atoms with Crippen LogP contribution in [-0.4, -0.2) is 0 Å². The van der Waals surface area contributed by atoms with Gasteiger partial charge in [0.25, 0.3) is 0 Å². The third-order valence-electron chi connectivity index (χ3n) is 3.10. The van der Waals surface area contributed by atoms with Gasteiger partial charge in [-0.15, -0.1) is 0 Å². The predicted octanol–water partition coefficient (Wildman–Crippen LogP) is 2.65. The highest BCUT2D eigenvalue weighted by Crippen LogP contribution is 2.48. The lowest BCUT2D eigenvalue weighted by atomic mass is 9.77. The molecule has 0 N–H and O–H groups in total. The van der Waals surface area contributed by atoms with E-state index in [0.29, 0.717) is 0 Å². The fourth-order valence-electron chi connectivity index (χ4n) is 2.16. The summed E-state index contributed by atoms with van der Waals surface area (Å²) in [6, 6.07) is 8.26. The molecule has 2 bridgehead atoms. The zero-order valence-corrected chi connectivity index (χ0v) is 8.28. The van der Waals surface area contributed by atoms with Gasteiger partial charge in [-0.05, 0) is 37.1 Å². The van der Waals surface area contributed by atoms with Crippen molar-refractivity contribution in [2.24, 2.45) is 0 Å². The molecule has 14 heavy (non-hydrogen) atoms. The normalized spacial score (nSPS) is 38.4. The molecule has 0 spiro atoms. The van der Waals surface area contributed by atoms with Crippen LogP contribution in [0.25, 0.3) is 0 Å². The Morgan fingerprint density at radius 2 is 1.29 bits per heavy atom. The Morgan fingerprint density at radius 3 is 1.64 bits per heavy atom. The SMILES string of the molecule is C[C@]12C=C[C@](C)(OO1)c1ccccc12. The van der Waals surface area contributed by atoms with E-state index in [1.807, 2.05) is 26.0 Å². The topological polar surface area (TPSA) is 18.5 Å². The fourth-order valence-corrected chi connectivity index (χ4v) is 2.16. The van der Waals surface area contributed by atoms with Crippen molar-refractivity contribution in [3.8, 4) is 0 Å². The first-order valence-corrected chi connectivity index (χ1v) is 4.81. The highest BCUT2D eigenvalue weighted by Gasteiger charge is 2.46. The number of rotatable bonds is 0. The Bertz CT molecular complexity index is 385. The van der Waals surface area contributed by atoms with Crippen molar-refractivity contribution in [2.75, 3.05) is 0 Å². The lowest BCUT2D eigenvalue weighted by Crippen LogP contribution is -2.43. The molecule has 3 aliphatic rings. The van der Waals surface area contributed by atoms with Crippen molar-refractivity contribution < 1.29 is 9.78 Å². The smallest absolute Gasteiger partial charge is 0.144 e. The molecular formula is C12H12O2. The molecule has 0 saturated carbocycles. The van der Waals surface area contributed by atoms with Crippen LogP contribution in [-0.2, 0) is 21.0 Å². The fraction of sp³-hybridized carbons (Fsp3) is 0.333. The van der Waals surface area contributed by atoms with E-state index in [9.17, 15) is 0 Å². The van der Waals surface area contributed by atoms with Crippen LogP contribution >= 0.6 is 0 Å². The van der Waals surface area contributed by atoms with Gasteiger partial charge in [0, 0.05) is 0 Å². The van der Waals surface area contributed by atoms with Gasteiger partial charge in [0.05, 0.1) is 0 Å². The minimum Gasteiger partial charge on any atom is -0.220 e. The van der Waals surface area contributed by atoms with Crippen LogP contribution in [0.2, 0.25) is 0 Å². The molecule has 0 unspecified atom stereocenters. The standard InChI is InChI=1S/C12H12O2/c1-11-7-8-12(2,14-13-11)10-6-4-3-5-9(10)11/h3-8H,1-2H3/t11-,12+. The lowest BCUT2D eigenvalue weighted by Gasteiger charge is -2.45. The Morgan fingerprint density at radius 1 is 0.857 bits per heavy atom. The summed E-state index contributed by atoms with van der Waals surface area (Å²) in [5.74, 6) is 0. The number of hydrogen-bond acceptors (Lipinski definition) is 2. The third-order valence-corrected chi connectivity index (χ3v) is 3.10. The van der Waals surface area contributed by atoms with Crippen LogP contribution < -0.4 is 0 Å². The van der Waals surface area contributed by atoms with Gasteiger partial charge in [0.15, 0.2) is 0 Å². The van der Waals surface area contributed by atoms with E-state index >= 15 is 0 Å². The number of fused-ring (bicyclic) bond motifs is 1. The molecule has 0 radical (unpaired) electrons. The van der Waals surface area contributed by atoms with Crippen LogP contribution in [0.5, 0.6) is 0 Å². The molecule has 2 nitrogen and oxygen atoms in total. The van der Waals surface area contributed by atoms with E-state index in [-0.39, 0.29) is 0 Å². The maximum Gasteiger partial charge on any atom is 0.144 e. The summed E-state index contributed by atoms with van der Waals surface area (Å²) < 4.78 is 0. The molecule has 72 valence electrons. The van der Waals surface area contributed by atoms with Crippen molar-refractivity contribution in [2.45, 2.75) is 25.0 Å². The van der Waals surface area contributed by atoms with Crippen LogP contribution in [0.1, 0.15) is 25.0 Å². The molecule has 2 heteroatoms. The second-order valence-corrected chi connectivity index (χ2v) is 4.26. The van der Waals surface area contributed by atoms with E-state index in [4.69, 9.17) is 9.78 Å². The van der Waals surface area contributed by atoms with Crippen LogP contribution in [0.4, 0.5) is 0 Å². The molecule has 2 atom stereocenters. The van der Waals surface area contributed by atoms with E-state index in [1.54, 1.807) is 0 Å². The second-order valence-electron chi connectivity index (χ2n) is 4.26. The average Bonchev–Trinajstić information content (AvgIpc) is 2.22. The molecular weight excluding hydrogens is 176 g/mol. The summed E-state index contributed by atoms with van der Waals surface area (Å²) >= 11 is 0. The van der Waals surface area contributed by atoms with Gasteiger partial charge in [-0.3, -0.25) is 0 Å². The highest BCUT2D eigenvalue weighted by atomic mass is 17.2. The Hall–Kier alpha value is -1.12. The highest BCUT2D eigenvalue weighted by molar-refractivity contribution is 5.46. The average molecular weight is 188 g/mol. The van der Waals surface area contributed by atoms with E-state index in [2.05, 4.69) is 24.3 Å². The van der Waals surface area contributed by atoms with Crippen molar-refractivity contribution >= 4 is 0 Å². The molecule has 1 aromatic rings. The molecule has 0 saturated heterocycles. The van der Waals surface area contributed by atoms with Crippen LogP contribution in [0.15, 0.2) is 36.4 Å². The molecule has 1 aromatic carbocycles. The quantitative estimate of drug-likeness (QED) is 0.460. The van der Waals surface area contributed by atoms with Gasteiger partial charge < -0.3 is 0 Å². The van der Waals surface area contributed by atoms with Gasteiger partial charge in [-0.25, -0.2) is 9.78 Å². The molecule has 0 amide bonds. The largest absolute Gasteiger partial charge is 0.220 e. The molecule has 4 rings (SSSR count). The van der Waals surface area contributed by atoms with Crippen LogP contribution in [0, 0.1) is 0 Å². The Labute approximate surface area is 83.1 Å². The van der Waals surface area contributed by atoms with Crippen molar-refractivity contribution in [1.29, 1.82) is 0 Å². The maximum absolute atomic E-state index is 5.41. The van der Waals surface area contributed by atoms with Gasteiger partial charge in [0.1, 0.15) is 11.2 Å². The monoisotopic (exact) mass is 188 g/mol. The van der Waals surface area contributed by atoms with Crippen molar-refractivity contribution in [3.05, 3.63) is 47.5 Å². The maximum atomic E-state index is 5.41. The van der Waals surface area contributed by atoms with E-state index in [0.717, 1.165) is 0 Å². The van der Waals surface area contributed by atoms with Crippen molar-refractivity contribution in [1.82, 2.24) is 0 Å². The minimum absolute atomic E-state index is 0.408. The third kappa shape index (κ3) is 0.825. The summed E-state index contributed by atoms with van der Waals surface area (Å²) in [5.41, 5.74) is 1.59. The molecule has 2 heterocycles. The predicted molar refractivity (Wildman–Crippen MR) is 52.5 cm³/mol. The Balaban J connectivity index is 2.34. The van der Waals surface area contributed by atoms with Gasteiger partial charge in [-0.1, -0.05) is 24.3 Å². The van der Waals surface area contributed by atoms with Crippen molar-refractivity contribution in [3.63, 3.8) is 0 Å². The zero-order chi connectivity index (χ0) is 9.81. The van der Waals surface area contributed by atoms with E-state index in [1.165, 1.54) is 11.1 Å². The molecule has 0 aromatic heterocycles. The summed E-state index contributed by atoms with van der Waals surface area (Å²) in [5, 5.41) is 0. The number of benzene rings is 1. The Kier molecular flexibility index (Phi) is 1.33. The minimum atomic E-state index is -0.408. The molecule has 1 aliphatic carbocycles. The number of hydrogen-bond donors (Lipinski definition) is 0. The lowest BCUT2D eigenvalue weighted by molar-refractivity contribution is -0.415. The molecule has 0 fully saturated rings. The first kappa shape index (κ1) is 8.21. The van der Waals surface area contributed by atoms with Crippen LogP contribution in [0.3, 0.4) is 0 Å². The summed E-state index contributed by atoms with van der Waals surface area (Å²) in [7, 11) is 0. The first-order valence-electron chi connectivity index (χ1n) is 4.81.